The molecule has 0 amide bonds. The molecule has 1 aromatic rings. The van der Waals surface area contributed by atoms with Crippen LogP contribution < -0.4 is 0 Å². The molecule has 0 fully saturated rings. The minimum Gasteiger partial charge on any atom is -0.462 e. The molecule has 1 rings (SSSR count). The fourth-order valence-electron chi connectivity index (χ4n) is 1.39. The quantitative estimate of drug-likeness (QED) is 0.362. The van der Waals surface area contributed by atoms with Gasteiger partial charge in [-0.2, -0.15) is 0 Å². The lowest BCUT2D eigenvalue weighted by molar-refractivity contribution is -0.385. The smallest absolute Gasteiger partial charge is 0.338 e. The van der Waals surface area contributed by atoms with E-state index >= 15 is 0 Å². The van der Waals surface area contributed by atoms with Gasteiger partial charge >= 0.3 is 5.97 Å². The summed E-state index contributed by atoms with van der Waals surface area (Å²) in [4.78, 5) is 21.7. The number of aliphatic hydroxyl groups excluding tert-OH is 1. The molecule has 0 radical (unpaired) electrons. The number of nitrogens with zero attached hydrogens (tertiary/aromatic N) is 1. The predicted octanol–water partition coefficient (Wildman–Crippen LogP) is 2.04. The number of aliphatic hydroxyl groups is 1. The molecule has 0 aromatic heterocycles. The zero-order valence-corrected chi connectivity index (χ0v) is 10.1. The zero-order valence-electron chi connectivity index (χ0n) is 10.1. The minimum atomic E-state index is -0.631. The SMILES string of the molecule is CCCCOC(=O)c1ccc(CO)c([N+](=O)[O-])c1. The van der Waals surface area contributed by atoms with Crippen LogP contribution in [0.5, 0.6) is 0 Å². The lowest BCUT2D eigenvalue weighted by Gasteiger charge is -2.05. The molecule has 0 unspecified atom stereocenters. The van der Waals surface area contributed by atoms with Gasteiger partial charge in [0, 0.05) is 6.07 Å². The van der Waals surface area contributed by atoms with E-state index in [9.17, 15) is 14.9 Å². The van der Waals surface area contributed by atoms with E-state index in [-0.39, 0.29) is 16.8 Å². The second kappa shape index (κ2) is 6.70. The van der Waals surface area contributed by atoms with Crippen molar-refractivity contribution in [1.29, 1.82) is 0 Å². The van der Waals surface area contributed by atoms with Crippen molar-refractivity contribution in [3.8, 4) is 0 Å². The fraction of sp³-hybridized carbons (Fsp3) is 0.417. The number of carbonyl (C=O) groups is 1. The van der Waals surface area contributed by atoms with Crippen LogP contribution in [0.25, 0.3) is 0 Å². The van der Waals surface area contributed by atoms with Crippen LogP contribution in [-0.2, 0) is 11.3 Å². The highest BCUT2D eigenvalue weighted by atomic mass is 16.6. The van der Waals surface area contributed by atoms with E-state index < -0.39 is 17.5 Å². The highest BCUT2D eigenvalue weighted by molar-refractivity contribution is 5.90. The van der Waals surface area contributed by atoms with E-state index in [1.54, 1.807) is 0 Å². The zero-order chi connectivity index (χ0) is 13.5. The number of nitro groups is 1. The monoisotopic (exact) mass is 253 g/mol. The Bertz CT molecular complexity index is 444. The maximum atomic E-state index is 11.6. The van der Waals surface area contributed by atoms with E-state index in [1.807, 2.05) is 6.92 Å². The number of benzene rings is 1. The lowest BCUT2D eigenvalue weighted by Crippen LogP contribution is -2.07. The van der Waals surface area contributed by atoms with Gasteiger partial charge in [0.05, 0.1) is 29.3 Å². The summed E-state index contributed by atoms with van der Waals surface area (Å²) in [6, 6.07) is 3.89. The summed E-state index contributed by atoms with van der Waals surface area (Å²) >= 11 is 0. The van der Waals surface area contributed by atoms with Crippen LogP contribution in [0.3, 0.4) is 0 Å². The maximum absolute atomic E-state index is 11.6. The fourth-order valence-corrected chi connectivity index (χ4v) is 1.39. The van der Waals surface area contributed by atoms with Crippen LogP contribution in [0.2, 0.25) is 0 Å². The summed E-state index contributed by atoms with van der Waals surface area (Å²) in [5, 5.41) is 19.7. The second-order valence-electron chi connectivity index (χ2n) is 3.75. The van der Waals surface area contributed by atoms with Crippen molar-refractivity contribution in [2.24, 2.45) is 0 Å². The van der Waals surface area contributed by atoms with E-state index in [1.165, 1.54) is 12.1 Å². The van der Waals surface area contributed by atoms with Crippen molar-refractivity contribution < 1.29 is 19.6 Å². The standard InChI is InChI=1S/C12H15NO5/c1-2-3-6-18-12(15)9-4-5-10(8-14)11(7-9)13(16)17/h4-5,7,14H,2-3,6,8H2,1H3. The molecule has 0 saturated heterocycles. The first-order valence-electron chi connectivity index (χ1n) is 5.65. The van der Waals surface area contributed by atoms with Gasteiger partial charge in [-0.05, 0) is 18.6 Å². The Morgan fingerprint density at radius 2 is 2.22 bits per heavy atom. The molecule has 0 spiro atoms. The van der Waals surface area contributed by atoms with Gasteiger partial charge in [0.15, 0.2) is 0 Å². The van der Waals surface area contributed by atoms with Gasteiger partial charge in [-0.25, -0.2) is 4.79 Å². The van der Waals surface area contributed by atoms with Crippen LogP contribution in [0.1, 0.15) is 35.7 Å². The molecule has 0 aliphatic rings. The summed E-state index contributed by atoms with van der Waals surface area (Å²) in [5.41, 5.74) is 0.0163. The first-order chi connectivity index (χ1) is 8.60. The predicted molar refractivity (Wildman–Crippen MR) is 64.2 cm³/mol. The van der Waals surface area contributed by atoms with Gasteiger partial charge in [0.25, 0.3) is 5.69 Å². The number of ether oxygens (including phenoxy) is 1. The van der Waals surface area contributed by atoms with Crippen molar-refractivity contribution in [3.63, 3.8) is 0 Å². The van der Waals surface area contributed by atoms with Crippen molar-refractivity contribution in [2.45, 2.75) is 26.4 Å². The third kappa shape index (κ3) is 3.53. The van der Waals surface area contributed by atoms with Gasteiger partial charge in [-0.1, -0.05) is 13.3 Å². The Hall–Kier alpha value is -1.95. The van der Waals surface area contributed by atoms with Gasteiger partial charge in [0.2, 0.25) is 0 Å². The normalized spacial score (nSPS) is 10.1. The van der Waals surface area contributed by atoms with Crippen LogP contribution in [0.15, 0.2) is 18.2 Å². The number of hydrogen-bond acceptors (Lipinski definition) is 5. The minimum absolute atomic E-state index is 0.120. The molecule has 0 aliphatic heterocycles. The number of hydrogen-bond donors (Lipinski definition) is 1. The van der Waals surface area contributed by atoms with Crippen molar-refractivity contribution >= 4 is 11.7 Å². The summed E-state index contributed by atoms with van der Waals surface area (Å²) < 4.78 is 4.95. The molecule has 6 nitrogen and oxygen atoms in total. The molecule has 0 aliphatic carbocycles. The third-order valence-electron chi connectivity index (χ3n) is 2.42. The van der Waals surface area contributed by atoms with Crippen molar-refractivity contribution in [3.05, 3.63) is 39.4 Å². The number of esters is 1. The number of rotatable bonds is 6. The van der Waals surface area contributed by atoms with Crippen LogP contribution >= 0.6 is 0 Å². The van der Waals surface area contributed by atoms with Gasteiger partial charge in [-0.3, -0.25) is 10.1 Å². The lowest BCUT2D eigenvalue weighted by atomic mass is 10.1. The molecule has 18 heavy (non-hydrogen) atoms. The molecule has 0 atom stereocenters. The molecule has 0 bridgehead atoms. The molecule has 98 valence electrons. The molecular formula is C12H15NO5. The van der Waals surface area contributed by atoms with Crippen molar-refractivity contribution in [2.75, 3.05) is 6.61 Å². The van der Waals surface area contributed by atoms with Crippen molar-refractivity contribution in [1.82, 2.24) is 0 Å². The average molecular weight is 253 g/mol. The summed E-state index contributed by atoms with van der Waals surface area (Å²) in [6.07, 6.45) is 1.65. The Kier molecular flexibility index (Phi) is 5.26. The Balaban J connectivity index is 2.87. The Morgan fingerprint density at radius 3 is 2.78 bits per heavy atom. The van der Waals surface area contributed by atoms with Crippen LogP contribution in [0, 0.1) is 10.1 Å². The molecule has 1 N–H and O–H groups in total. The topological polar surface area (TPSA) is 89.7 Å². The Labute approximate surface area is 104 Å². The van der Waals surface area contributed by atoms with Gasteiger partial charge < -0.3 is 9.84 Å². The highest BCUT2D eigenvalue weighted by Gasteiger charge is 2.17. The Morgan fingerprint density at radius 1 is 1.50 bits per heavy atom. The first kappa shape index (κ1) is 14.1. The van der Waals surface area contributed by atoms with E-state index in [0.717, 1.165) is 18.9 Å². The maximum Gasteiger partial charge on any atom is 0.338 e. The number of carbonyl (C=O) groups excluding carboxylic acids is 1. The molecule has 6 heteroatoms. The van der Waals surface area contributed by atoms with E-state index in [4.69, 9.17) is 9.84 Å². The first-order valence-corrected chi connectivity index (χ1v) is 5.65. The summed E-state index contributed by atoms with van der Waals surface area (Å²) in [5.74, 6) is -0.587. The third-order valence-corrected chi connectivity index (χ3v) is 2.42. The summed E-state index contributed by atoms with van der Waals surface area (Å²) in [6.45, 7) is 1.82. The molecule has 0 heterocycles. The van der Waals surface area contributed by atoms with Gasteiger partial charge in [0.1, 0.15) is 0 Å². The highest BCUT2D eigenvalue weighted by Crippen LogP contribution is 2.20. The molecule has 0 saturated carbocycles. The van der Waals surface area contributed by atoms with Crippen LogP contribution in [-0.4, -0.2) is 22.6 Å². The molecule has 1 aromatic carbocycles. The van der Waals surface area contributed by atoms with Crippen LogP contribution in [0.4, 0.5) is 5.69 Å². The summed E-state index contributed by atoms with van der Waals surface area (Å²) in [7, 11) is 0. The average Bonchev–Trinajstić information content (AvgIpc) is 2.38. The van der Waals surface area contributed by atoms with E-state index in [2.05, 4.69) is 0 Å². The largest absolute Gasteiger partial charge is 0.462 e. The number of unbranched alkanes of at least 4 members (excludes halogenated alkanes) is 1. The second-order valence-corrected chi connectivity index (χ2v) is 3.75. The number of nitro benzene ring substituents is 1. The van der Waals surface area contributed by atoms with Gasteiger partial charge in [-0.15, -0.1) is 0 Å². The molecular weight excluding hydrogens is 238 g/mol. The van der Waals surface area contributed by atoms with E-state index in [0.29, 0.717) is 6.61 Å².